The predicted molar refractivity (Wildman–Crippen MR) is 72.0 cm³/mol. The summed E-state index contributed by atoms with van der Waals surface area (Å²) in [7, 11) is 0. The van der Waals surface area contributed by atoms with Crippen LogP contribution in [0.15, 0.2) is 34.7 Å². The third-order valence-electron chi connectivity index (χ3n) is 3.02. The van der Waals surface area contributed by atoms with Crippen molar-refractivity contribution < 1.29 is 13.9 Å². The van der Waals surface area contributed by atoms with E-state index in [0.717, 1.165) is 5.56 Å². The predicted octanol–water partition coefficient (Wildman–Crippen LogP) is 1.24. The minimum atomic E-state index is 0.0975. The van der Waals surface area contributed by atoms with E-state index in [4.69, 9.17) is 13.9 Å². The van der Waals surface area contributed by atoms with E-state index in [1.54, 1.807) is 0 Å². The van der Waals surface area contributed by atoms with Crippen molar-refractivity contribution in [3.63, 3.8) is 0 Å². The van der Waals surface area contributed by atoms with Gasteiger partial charge < -0.3 is 19.2 Å². The van der Waals surface area contributed by atoms with Gasteiger partial charge in [0, 0.05) is 12.1 Å². The Kier molecular flexibility index (Phi) is 4.37. The van der Waals surface area contributed by atoms with Gasteiger partial charge in [-0.05, 0) is 12.1 Å². The van der Waals surface area contributed by atoms with Crippen LogP contribution in [0.2, 0.25) is 0 Å². The monoisotopic (exact) mass is 275 g/mol. The van der Waals surface area contributed by atoms with E-state index in [-0.39, 0.29) is 6.10 Å². The van der Waals surface area contributed by atoms with Crippen LogP contribution in [-0.2, 0) is 16.0 Å². The fraction of sp³-hybridized carbons (Fsp3) is 0.429. The molecule has 1 unspecified atom stereocenters. The Morgan fingerprint density at radius 2 is 2.05 bits per heavy atom. The second-order valence-electron chi connectivity index (χ2n) is 4.57. The zero-order valence-corrected chi connectivity index (χ0v) is 11.1. The highest BCUT2D eigenvalue weighted by molar-refractivity contribution is 5.51. The van der Waals surface area contributed by atoms with E-state index < -0.39 is 0 Å². The second kappa shape index (κ2) is 6.60. The normalized spacial score (nSPS) is 19.1. The summed E-state index contributed by atoms with van der Waals surface area (Å²) in [5, 5.41) is 11.3. The highest BCUT2D eigenvalue weighted by atomic mass is 16.6. The topological polar surface area (TPSA) is 69.4 Å². The van der Waals surface area contributed by atoms with Crippen LogP contribution in [0.5, 0.6) is 0 Å². The molecule has 1 aromatic carbocycles. The molecule has 2 aromatic rings. The van der Waals surface area contributed by atoms with E-state index in [2.05, 4.69) is 15.5 Å². The minimum Gasteiger partial charge on any atom is -0.419 e. The Morgan fingerprint density at radius 1 is 1.15 bits per heavy atom. The van der Waals surface area contributed by atoms with Crippen LogP contribution in [0.4, 0.5) is 0 Å². The fourth-order valence-electron chi connectivity index (χ4n) is 2.02. The lowest BCUT2D eigenvalue weighted by molar-refractivity contribution is -0.0865. The number of hydrogen-bond donors (Lipinski definition) is 1. The van der Waals surface area contributed by atoms with Crippen LogP contribution in [0.1, 0.15) is 5.89 Å². The van der Waals surface area contributed by atoms with Crippen molar-refractivity contribution in [2.75, 3.05) is 26.4 Å². The van der Waals surface area contributed by atoms with Crippen molar-refractivity contribution in [3.8, 4) is 11.5 Å². The van der Waals surface area contributed by atoms with Crippen molar-refractivity contribution in [1.82, 2.24) is 15.5 Å². The summed E-state index contributed by atoms with van der Waals surface area (Å²) < 4.78 is 16.5. The molecule has 1 atom stereocenters. The van der Waals surface area contributed by atoms with Gasteiger partial charge in [0.2, 0.25) is 11.8 Å². The van der Waals surface area contributed by atoms with Crippen LogP contribution in [0.25, 0.3) is 11.5 Å². The quantitative estimate of drug-likeness (QED) is 0.885. The van der Waals surface area contributed by atoms with Gasteiger partial charge in [-0.3, -0.25) is 0 Å². The van der Waals surface area contributed by atoms with Crippen molar-refractivity contribution >= 4 is 0 Å². The SMILES string of the molecule is c1ccc(-c2nnc(CNCC3COCCO3)o2)cc1. The molecular formula is C14H17N3O3. The van der Waals surface area contributed by atoms with Crippen LogP contribution in [-0.4, -0.2) is 42.7 Å². The average molecular weight is 275 g/mol. The molecule has 0 bridgehead atoms. The Labute approximate surface area is 117 Å². The number of hydrogen-bond acceptors (Lipinski definition) is 6. The van der Waals surface area contributed by atoms with Crippen LogP contribution in [0.3, 0.4) is 0 Å². The molecule has 20 heavy (non-hydrogen) atoms. The van der Waals surface area contributed by atoms with Crippen LogP contribution >= 0.6 is 0 Å². The molecule has 106 valence electrons. The van der Waals surface area contributed by atoms with Crippen molar-refractivity contribution in [2.45, 2.75) is 12.6 Å². The molecule has 3 rings (SSSR count). The van der Waals surface area contributed by atoms with Gasteiger partial charge in [-0.15, -0.1) is 10.2 Å². The number of ether oxygens (including phenoxy) is 2. The molecule has 0 aliphatic carbocycles. The van der Waals surface area contributed by atoms with Gasteiger partial charge in [0.1, 0.15) is 0 Å². The summed E-state index contributed by atoms with van der Waals surface area (Å²) in [5.74, 6) is 1.11. The number of nitrogens with zero attached hydrogens (tertiary/aromatic N) is 2. The molecule has 0 radical (unpaired) electrons. The first-order chi connectivity index (χ1) is 9.92. The summed E-state index contributed by atoms with van der Waals surface area (Å²) in [6.07, 6.45) is 0.0975. The first-order valence-electron chi connectivity index (χ1n) is 6.70. The maximum Gasteiger partial charge on any atom is 0.247 e. The van der Waals surface area contributed by atoms with E-state index in [1.165, 1.54) is 0 Å². The molecule has 1 aromatic heterocycles. The minimum absolute atomic E-state index is 0.0975. The molecule has 0 spiro atoms. The van der Waals surface area contributed by atoms with Gasteiger partial charge in [-0.1, -0.05) is 18.2 Å². The van der Waals surface area contributed by atoms with E-state index in [1.807, 2.05) is 30.3 Å². The summed E-state index contributed by atoms with van der Waals surface area (Å²) in [5.41, 5.74) is 0.926. The zero-order chi connectivity index (χ0) is 13.6. The largest absolute Gasteiger partial charge is 0.419 e. The molecule has 1 saturated heterocycles. The Balaban J connectivity index is 1.50. The van der Waals surface area contributed by atoms with Crippen LogP contribution in [0, 0.1) is 0 Å². The highest BCUT2D eigenvalue weighted by Crippen LogP contribution is 2.16. The number of aromatic nitrogens is 2. The Morgan fingerprint density at radius 3 is 2.85 bits per heavy atom. The third kappa shape index (κ3) is 3.41. The lowest BCUT2D eigenvalue weighted by atomic mass is 10.2. The number of benzene rings is 1. The third-order valence-corrected chi connectivity index (χ3v) is 3.02. The molecule has 0 saturated carbocycles. The van der Waals surface area contributed by atoms with Gasteiger partial charge in [-0.2, -0.15) is 0 Å². The van der Waals surface area contributed by atoms with Gasteiger partial charge in [-0.25, -0.2) is 0 Å². The maximum atomic E-state index is 5.60. The van der Waals surface area contributed by atoms with Gasteiger partial charge >= 0.3 is 0 Å². The highest BCUT2D eigenvalue weighted by Gasteiger charge is 2.14. The molecule has 2 heterocycles. The molecule has 6 nitrogen and oxygen atoms in total. The summed E-state index contributed by atoms with van der Waals surface area (Å²) in [6.45, 7) is 3.21. The molecule has 6 heteroatoms. The zero-order valence-electron chi connectivity index (χ0n) is 11.1. The average Bonchev–Trinajstić information content (AvgIpc) is 2.98. The summed E-state index contributed by atoms with van der Waals surface area (Å²) in [4.78, 5) is 0. The summed E-state index contributed by atoms with van der Waals surface area (Å²) >= 11 is 0. The Bertz CT molecular complexity index is 523. The Hall–Kier alpha value is -1.76. The number of nitrogens with one attached hydrogen (secondary N) is 1. The molecule has 1 aliphatic rings. The number of rotatable bonds is 5. The fourth-order valence-corrected chi connectivity index (χ4v) is 2.02. The van der Waals surface area contributed by atoms with E-state index in [0.29, 0.717) is 44.7 Å². The van der Waals surface area contributed by atoms with Gasteiger partial charge in [0.05, 0.1) is 32.5 Å². The van der Waals surface area contributed by atoms with Crippen molar-refractivity contribution in [2.24, 2.45) is 0 Å². The van der Waals surface area contributed by atoms with Crippen molar-refractivity contribution in [1.29, 1.82) is 0 Å². The molecule has 1 N–H and O–H groups in total. The second-order valence-corrected chi connectivity index (χ2v) is 4.57. The van der Waals surface area contributed by atoms with E-state index in [9.17, 15) is 0 Å². The first kappa shape index (κ1) is 13.2. The maximum absolute atomic E-state index is 5.60. The van der Waals surface area contributed by atoms with Crippen LogP contribution < -0.4 is 5.32 Å². The molecular weight excluding hydrogens is 258 g/mol. The standard InChI is InChI=1S/C14H17N3O3/c1-2-4-11(5-3-1)14-17-16-13(20-14)9-15-8-12-10-18-6-7-19-12/h1-5,12,15H,6-10H2. The summed E-state index contributed by atoms with van der Waals surface area (Å²) in [6, 6.07) is 9.72. The molecule has 1 fully saturated rings. The molecule has 1 aliphatic heterocycles. The van der Waals surface area contributed by atoms with E-state index >= 15 is 0 Å². The first-order valence-corrected chi connectivity index (χ1v) is 6.70. The lowest BCUT2D eigenvalue weighted by Gasteiger charge is -2.22. The lowest BCUT2D eigenvalue weighted by Crippen LogP contribution is -2.37. The smallest absolute Gasteiger partial charge is 0.247 e. The molecule has 0 amide bonds. The van der Waals surface area contributed by atoms with Crippen molar-refractivity contribution in [3.05, 3.63) is 36.2 Å². The van der Waals surface area contributed by atoms with Gasteiger partial charge in [0.25, 0.3) is 0 Å². The van der Waals surface area contributed by atoms with Gasteiger partial charge in [0.15, 0.2) is 0 Å².